The lowest BCUT2D eigenvalue weighted by atomic mass is 10.2. The average molecular weight is 372 g/mol. The third kappa shape index (κ3) is 5.34. The van der Waals surface area contributed by atoms with Crippen molar-refractivity contribution in [1.82, 2.24) is 19.9 Å². The normalized spacial score (nSPS) is 10.6. The quantitative estimate of drug-likeness (QED) is 0.666. The van der Waals surface area contributed by atoms with Gasteiger partial charge in [-0.2, -0.15) is 0 Å². The van der Waals surface area contributed by atoms with Crippen molar-refractivity contribution in [3.63, 3.8) is 0 Å². The molecule has 6 nitrogen and oxygen atoms in total. The number of carbonyl (C=O) groups is 1. The molecule has 140 valence electrons. The Kier molecular flexibility index (Phi) is 5.75. The first-order valence-electron chi connectivity index (χ1n) is 8.25. The molecular weight excluding hydrogens is 354 g/mol. The number of benzene rings is 2. The molecule has 0 fully saturated rings. The molecule has 0 bridgehead atoms. The van der Waals surface area contributed by atoms with Gasteiger partial charge in [0.15, 0.2) is 0 Å². The number of halogens is 2. The largest absolute Gasteiger partial charge is 0.443 e. The number of amides is 1. The highest BCUT2D eigenvalue weighted by Gasteiger charge is 2.12. The molecular formula is C19H18F2N4O2. The van der Waals surface area contributed by atoms with Gasteiger partial charge in [0.2, 0.25) is 0 Å². The fraction of sp³-hybridized carbons (Fsp3) is 0.211. The van der Waals surface area contributed by atoms with E-state index in [0.717, 1.165) is 11.6 Å². The standard InChI is InChI=1S/C19H18F2N4O2/c1-24(10-14-5-3-2-4-6-14)19(26)27-13-18-12-25(23-22-18)11-15-7-16(20)9-17(21)8-15/h2-9,12H,10-11,13H2,1H3. The average Bonchev–Trinajstić information content (AvgIpc) is 3.07. The molecule has 0 unspecified atom stereocenters. The van der Waals surface area contributed by atoms with E-state index >= 15 is 0 Å². The maximum atomic E-state index is 13.2. The number of nitrogens with zero attached hydrogens (tertiary/aromatic N) is 4. The van der Waals surface area contributed by atoms with Crippen LogP contribution in [-0.4, -0.2) is 33.0 Å². The second-order valence-electron chi connectivity index (χ2n) is 6.08. The second kappa shape index (κ2) is 8.39. The predicted molar refractivity (Wildman–Crippen MR) is 93.6 cm³/mol. The van der Waals surface area contributed by atoms with Crippen LogP contribution in [0.25, 0.3) is 0 Å². The van der Waals surface area contributed by atoms with Gasteiger partial charge >= 0.3 is 6.09 Å². The number of aromatic nitrogens is 3. The Balaban J connectivity index is 1.52. The fourth-order valence-electron chi connectivity index (χ4n) is 2.54. The lowest BCUT2D eigenvalue weighted by Crippen LogP contribution is -2.26. The van der Waals surface area contributed by atoms with Crippen molar-refractivity contribution in [2.45, 2.75) is 19.7 Å². The third-order valence-corrected chi connectivity index (χ3v) is 3.77. The molecule has 8 heteroatoms. The molecule has 27 heavy (non-hydrogen) atoms. The van der Waals surface area contributed by atoms with Gasteiger partial charge in [0.05, 0.1) is 12.7 Å². The van der Waals surface area contributed by atoms with Crippen molar-refractivity contribution >= 4 is 6.09 Å². The molecule has 0 spiro atoms. The van der Waals surface area contributed by atoms with Gasteiger partial charge in [0, 0.05) is 19.7 Å². The summed E-state index contributed by atoms with van der Waals surface area (Å²) < 4.78 is 33.1. The second-order valence-corrected chi connectivity index (χ2v) is 6.08. The van der Waals surface area contributed by atoms with Crippen LogP contribution in [0.1, 0.15) is 16.8 Å². The Morgan fingerprint density at radius 2 is 1.81 bits per heavy atom. The molecule has 0 radical (unpaired) electrons. The summed E-state index contributed by atoms with van der Waals surface area (Å²) in [6.45, 7) is 0.538. The molecule has 0 atom stereocenters. The van der Waals surface area contributed by atoms with E-state index in [1.807, 2.05) is 30.3 Å². The van der Waals surface area contributed by atoms with Gasteiger partial charge in [-0.05, 0) is 23.3 Å². The third-order valence-electron chi connectivity index (χ3n) is 3.77. The first-order chi connectivity index (χ1) is 13.0. The van der Waals surface area contributed by atoms with Gasteiger partial charge in [0.25, 0.3) is 0 Å². The van der Waals surface area contributed by atoms with Crippen molar-refractivity contribution < 1.29 is 18.3 Å². The van der Waals surface area contributed by atoms with Crippen LogP contribution in [0.2, 0.25) is 0 Å². The van der Waals surface area contributed by atoms with Crippen LogP contribution in [0, 0.1) is 11.6 Å². The van der Waals surface area contributed by atoms with Crippen LogP contribution >= 0.6 is 0 Å². The topological polar surface area (TPSA) is 60.2 Å². The molecule has 0 saturated heterocycles. The highest BCUT2D eigenvalue weighted by Crippen LogP contribution is 2.10. The van der Waals surface area contributed by atoms with Gasteiger partial charge in [-0.25, -0.2) is 18.3 Å². The summed E-state index contributed by atoms with van der Waals surface area (Å²) in [7, 11) is 1.64. The Bertz CT molecular complexity index is 895. The van der Waals surface area contributed by atoms with E-state index in [4.69, 9.17) is 4.74 Å². The summed E-state index contributed by atoms with van der Waals surface area (Å²) in [5, 5.41) is 7.78. The summed E-state index contributed by atoms with van der Waals surface area (Å²) in [6.07, 6.45) is 1.08. The van der Waals surface area contributed by atoms with Crippen LogP contribution in [-0.2, 0) is 24.4 Å². The molecule has 0 saturated carbocycles. The van der Waals surface area contributed by atoms with Crippen LogP contribution in [0.5, 0.6) is 0 Å². The fourth-order valence-corrected chi connectivity index (χ4v) is 2.54. The highest BCUT2D eigenvalue weighted by molar-refractivity contribution is 5.67. The maximum absolute atomic E-state index is 13.2. The monoisotopic (exact) mass is 372 g/mol. The van der Waals surface area contributed by atoms with E-state index in [9.17, 15) is 13.6 Å². The van der Waals surface area contributed by atoms with Crippen molar-refractivity contribution in [1.29, 1.82) is 0 Å². The van der Waals surface area contributed by atoms with Crippen molar-refractivity contribution in [3.05, 3.63) is 83.2 Å². The summed E-state index contributed by atoms with van der Waals surface area (Å²) in [4.78, 5) is 13.5. The van der Waals surface area contributed by atoms with Crippen LogP contribution in [0.3, 0.4) is 0 Å². The molecule has 1 amide bonds. The minimum absolute atomic E-state index is 0.0462. The van der Waals surface area contributed by atoms with Gasteiger partial charge in [-0.1, -0.05) is 35.5 Å². The van der Waals surface area contributed by atoms with Crippen molar-refractivity contribution in [2.24, 2.45) is 0 Å². The van der Waals surface area contributed by atoms with E-state index in [-0.39, 0.29) is 13.2 Å². The molecule has 3 rings (SSSR count). The molecule has 1 aromatic heterocycles. The molecule has 0 aliphatic heterocycles. The number of ether oxygens (including phenoxy) is 1. The Hall–Kier alpha value is -3.29. The van der Waals surface area contributed by atoms with Crippen LogP contribution in [0.15, 0.2) is 54.7 Å². The van der Waals surface area contributed by atoms with Crippen LogP contribution in [0.4, 0.5) is 13.6 Å². The first-order valence-corrected chi connectivity index (χ1v) is 8.25. The zero-order valence-corrected chi connectivity index (χ0v) is 14.7. The first kappa shape index (κ1) is 18.5. The molecule has 0 N–H and O–H groups in total. The molecule has 0 aliphatic rings. The maximum Gasteiger partial charge on any atom is 0.410 e. The Morgan fingerprint density at radius 3 is 2.52 bits per heavy atom. The number of hydrogen-bond acceptors (Lipinski definition) is 4. The number of rotatable bonds is 6. The zero-order chi connectivity index (χ0) is 19.2. The lowest BCUT2D eigenvalue weighted by molar-refractivity contribution is 0.101. The van der Waals surface area contributed by atoms with E-state index < -0.39 is 17.7 Å². The minimum Gasteiger partial charge on any atom is -0.443 e. The predicted octanol–water partition coefficient (Wildman–Crippen LogP) is 3.37. The molecule has 1 heterocycles. The van der Waals surface area contributed by atoms with Gasteiger partial charge in [-0.3, -0.25) is 0 Å². The Morgan fingerprint density at radius 1 is 1.11 bits per heavy atom. The Labute approximate surface area is 155 Å². The van der Waals surface area contributed by atoms with E-state index in [1.165, 1.54) is 21.7 Å². The molecule has 0 aliphatic carbocycles. The number of carbonyl (C=O) groups excluding carboxylic acids is 1. The zero-order valence-electron chi connectivity index (χ0n) is 14.7. The lowest BCUT2D eigenvalue weighted by Gasteiger charge is -2.16. The van der Waals surface area contributed by atoms with Gasteiger partial charge in [0.1, 0.15) is 23.9 Å². The molecule has 2 aromatic carbocycles. The van der Waals surface area contributed by atoms with Crippen LogP contribution < -0.4 is 0 Å². The van der Waals surface area contributed by atoms with Crippen molar-refractivity contribution in [3.8, 4) is 0 Å². The van der Waals surface area contributed by atoms with E-state index in [1.54, 1.807) is 13.2 Å². The smallest absolute Gasteiger partial charge is 0.410 e. The van der Waals surface area contributed by atoms with E-state index in [0.29, 0.717) is 17.8 Å². The molecule has 3 aromatic rings. The summed E-state index contributed by atoms with van der Waals surface area (Å²) >= 11 is 0. The SMILES string of the molecule is CN(Cc1ccccc1)C(=O)OCc1cn(Cc2cc(F)cc(F)c2)nn1. The van der Waals surface area contributed by atoms with Gasteiger partial charge < -0.3 is 9.64 Å². The summed E-state index contributed by atoms with van der Waals surface area (Å²) in [5.74, 6) is -1.30. The van der Waals surface area contributed by atoms with Crippen molar-refractivity contribution in [2.75, 3.05) is 7.05 Å². The van der Waals surface area contributed by atoms with E-state index in [2.05, 4.69) is 10.3 Å². The number of hydrogen-bond donors (Lipinski definition) is 0. The minimum atomic E-state index is -0.652. The summed E-state index contributed by atoms with van der Waals surface area (Å²) in [6, 6.07) is 12.8. The summed E-state index contributed by atoms with van der Waals surface area (Å²) in [5.41, 5.74) is 1.85. The highest BCUT2D eigenvalue weighted by atomic mass is 19.1. The van der Waals surface area contributed by atoms with Gasteiger partial charge in [-0.15, -0.1) is 5.10 Å².